The Morgan fingerprint density at radius 2 is 1.75 bits per heavy atom. The number of carbonyl (C=O) groups excluding carboxylic acids is 1. The summed E-state index contributed by atoms with van der Waals surface area (Å²) in [6.07, 6.45) is 9.56. The summed E-state index contributed by atoms with van der Waals surface area (Å²) in [5.74, 6) is 0.468. The van der Waals surface area contributed by atoms with E-state index >= 15 is 0 Å². The summed E-state index contributed by atoms with van der Waals surface area (Å²) in [7, 11) is 0. The second kappa shape index (κ2) is 6.84. The van der Waals surface area contributed by atoms with Gasteiger partial charge in [0.1, 0.15) is 0 Å². The van der Waals surface area contributed by atoms with Gasteiger partial charge in [-0.05, 0) is 49.9 Å². The van der Waals surface area contributed by atoms with Crippen molar-refractivity contribution in [3.63, 3.8) is 0 Å². The van der Waals surface area contributed by atoms with E-state index in [2.05, 4.69) is 29.9 Å². The predicted molar refractivity (Wildman–Crippen MR) is 105 cm³/mol. The fourth-order valence-electron chi connectivity index (χ4n) is 3.56. The van der Waals surface area contributed by atoms with Gasteiger partial charge in [0.15, 0.2) is 0 Å². The molecule has 0 fully saturated rings. The third-order valence-corrected chi connectivity index (χ3v) is 5.03. The first kappa shape index (κ1) is 16.6. The van der Waals surface area contributed by atoms with E-state index in [1.54, 1.807) is 24.5 Å². The Bertz CT molecular complexity index is 1150. The topological polar surface area (TPSA) is 85.1 Å². The van der Waals surface area contributed by atoms with Crippen LogP contribution in [0, 0.1) is 0 Å². The number of aryl methyl sites for hydroxylation is 2. The monoisotopic (exact) mass is 370 g/mol. The molecule has 0 saturated carbocycles. The molecule has 1 aliphatic rings. The van der Waals surface area contributed by atoms with Gasteiger partial charge in [-0.2, -0.15) is 5.10 Å². The van der Waals surface area contributed by atoms with Gasteiger partial charge in [0.05, 0.1) is 11.4 Å². The standard InChI is InChI=1S/C21H18N6O/c28-20(15-9-11-22-12-10-15)23-16-7-5-14(6-8-16)18-13-27-19-4-2-1-3-17(19)25-26-21(27)24-18/h5-13H,1-4H2,(H,23,28). The Labute approximate surface area is 161 Å². The Hall–Kier alpha value is -3.61. The zero-order valence-corrected chi connectivity index (χ0v) is 15.2. The molecule has 0 saturated heterocycles. The fraction of sp³-hybridized carbons (Fsp3) is 0.190. The number of rotatable bonds is 3. The summed E-state index contributed by atoms with van der Waals surface area (Å²) < 4.78 is 2.07. The maximum Gasteiger partial charge on any atom is 0.255 e. The van der Waals surface area contributed by atoms with Crippen molar-refractivity contribution in [3.05, 3.63) is 71.9 Å². The molecule has 5 rings (SSSR count). The summed E-state index contributed by atoms with van der Waals surface area (Å²) in [6.45, 7) is 0. The summed E-state index contributed by atoms with van der Waals surface area (Å²) in [6, 6.07) is 11.0. The number of pyridine rings is 1. The Morgan fingerprint density at radius 1 is 0.964 bits per heavy atom. The van der Waals surface area contributed by atoms with E-state index in [1.807, 2.05) is 30.5 Å². The number of imidazole rings is 1. The van der Waals surface area contributed by atoms with Gasteiger partial charge in [0.25, 0.3) is 11.7 Å². The Balaban J connectivity index is 1.40. The van der Waals surface area contributed by atoms with Crippen LogP contribution in [0.2, 0.25) is 0 Å². The molecule has 138 valence electrons. The SMILES string of the molecule is O=C(Nc1ccc(-c2cn3c4c(nnc3n2)CCCC4)cc1)c1ccncc1. The van der Waals surface area contributed by atoms with Crippen LogP contribution >= 0.6 is 0 Å². The van der Waals surface area contributed by atoms with E-state index in [0.717, 1.165) is 35.5 Å². The number of fused-ring (bicyclic) bond motifs is 3. The lowest BCUT2D eigenvalue weighted by Crippen LogP contribution is -2.12. The van der Waals surface area contributed by atoms with E-state index < -0.39 is 0 Å². The van der Waals surface area contributed by atoms with Crippen LogP contribution in [0.5, 0.6) is 0 Å². The minimum Gasteiger partial charge on any atom is -0.322 e. The molecule has 0 atom stereocenters. The van der Waals surface area contributed by atoms with Crippen LogP contribution in [0.15, 0.2) is 55.0 Å². The number of nitrogens with one attached hydrogen (secondary N) is 1. The average Bonchev–Trinajstić information content (AvgIpc) is 3.20. The van der Waals surface area contributed by atoms with Crippen LogP contribution in [-0.2, 0) is 12.8 Å². The molecule has 1 N–H and O–H groups in total. The molecule has 1 aromatic carbocycles. The molecule has 3 aromatic heterocycles. The van der Waals surface area contributed by atoms with Gasteiger partial charge in [0.2, 0.25) is 0 Å². The van der Waals surface area contributed by atoms with E-state index in [0.29, 0.717) is 11.3 Å². The second-order valence-corrected chi connectivity index (χ2v) is 6.86. The number of carbonyl (C=O) groups is 1. The smallest absolute Gasteiger partial charge is 0.255 e. The minimum absolute atomic E-state index is 0.162. The summed E-state index contributed by atoms with van der Waals surface area (Å²) in [5.41, 5.74) is 5.42. The minimum atomic E-state index is -0.162. The summed E-state index contributed by atoms with van der Waals surface area (Å²) >= 11 is 0. The first-order chi connectivity index (χ1) is 13.8. The highest BCUT2D eigenvalue weighted by Crippen LogP contribution is 2.24. The molecule has 7 heteroatoms. The van der Waals surface area contributed by atoms with Crippen molar-refractivity contribution in [1.82, 2.24) is 24.6 Å². The van der Waals surface area contributed by atoms with Crippen molar-refractivity contribution >= 4 is 17.4 Å². The number of aromatic nitrogens is 5. The van der Waals surface area contributed by atoms with Gasteiger partial charge in [-0.3, -0.25) is 14.2 Å². The molecule has 7 nitrogen and oxygen atoms in total. The predicted octanol–water partition coefficient (Wildman–Crippen LogP) is 3.32. The molecule has 0 radical (unpaired) electrons. The molecule has 0 spiro atoms. The van der Waals surface area contributed by atoms with Gasteiger partial charge in [-0.1, -0.05) is 12.1 Å². The van der Waals surface area contributed by atoms with Gasteiger partial charge < -0.3 is 5.32 Å². The zero-order chi connectivity index (χ0) is 18.9. The van der Waals surface area contributed by atoms with Crippen LogP contribution in [0.3, 0.4) is 0 Å². The quantitative estimate of drug-likeness (QED) is 0.598. The number of anilines is 1. The number of amides is 1. The fourth-order valence-corrected chi connectivity index (χ4v) is 3.56. The molecular formula is C21H18N6O. The summed E-state index contributed by atoms with van der Waals surface area (Å²) in [5, 5.41) is 11.5. The number of benzene rings is 1. The largest absolute Gasteiger partial charge is 0.322 e. The van der Waals surface area contributed by atoms with Crippen molar-refractivity contribution < 1.29 is 4.79 Å². The van der Waals surface area contributed by atoms with Crippen molar-refractivity contribution in [1.29, 1.82) is 0 Å². The molecule has 1 aliphatic carbocycles. The molecule has 1 amide bonds. The lowest BCUT2D eigenvalue weighted by atomic mass is 10.0. The van der Waals surface area contributed by atoms with Crippen LogP contribution in [-0.4, -0.2) is 30.5 Å². The number of nitrogens with zero attached hydrogens (tertiary/aromatic N) is 5. The normalized spacial score (nSPS) is 13.3. The highest BCUT2D eigenvalue weighted by Gasteiger charge is 2.17. The lowest BCUT2D eigenvalue weighted by Gasteiger charge is -2.14. The molecule has 28 heavy (non-hydrogen) atoms. The van der Waals surface area contributed by atoms with Crippen molar-refractivity contribution in [2.75, 3.05) is 5.32 Å². The van der Waals surface area contributed by atoms with Crippen molar-refractivity contribution in [3.8, 4) is 11.3 Å². The van der Waals surface area contributed by atoms with Crippen LogP contribution < -0.4 is 5.32 Å². The summed E-state index contributed by atoms with van der Waals surface area (Å²) in [4.78, 5) is 20.8. The number of hydrogen-bond donors (Lipinski definition) is 1. The van der Waals surface area contributed by atoms with Crippen molar-refractivity contribution in [2.45, 2.75) is 25.7 Å². The van der Waals surface area contributed by atoms with Crippen molar-refractivity contribution in [2.24, 2.45) is 0 Å². The van der Waals surface area contributed by atoms with Crippen LogP contribution in [0.4, 0.5) is 5.69 Å². The third-order valence-electron chi connectivity index (χ3n) is 5.03. The molecule has 4 aromatic rings. The molecule has 3 heterocycles. The molecule has 0 aliphatic heterocycles. The van der Waals surface area contributed by atoms with E-state index in [1.165, 1.54) is 18.5 Å². The first-order valence-corrected chi connectivity index (χ1v) is 9.33. The van der Waals surface area contributed by atoms with Gasteiger partial charge in [0, 0.05) is 41.1 Å². The van der Waals surface area contributed by atoms with Gasteiger partial charge in [-0.15, -0.1) is 5.10 Å². The maximum atomic E-state index is 12.3. The molecular weight excluding hydrogens is 352 g/mol. The van der Waals surface area contributed by atoms with E-state index in [-0.39, 0.29) is 5.91 Å². The Kier molecular flexibility index (Phi) is 4.05. The van der Waals surface area contributed by atoms with Gasteiger partial charge in [-0.25, -0.2) is 4.98 Å². The Morgan fingerprint density at radius 3 is 2.57 bits per heavy atom. The lowest BCUT2D eigenvalue weighted by molar-refractivity contribution is 0.102. The van der Waals surface area contributed by atoms with Crippen LogP contribution in [0.1, 0.15) is 34.6 Å². The second-order valence-electron chi connectivity index (χ2n) is 6.86. The molecule has 0 bridgehead atoms. The maximum absolute atomic E-state index is 12.3. The highest BCUT2D eigenvalue weighted by molar-refractivity contribution is 6.04. The average molecular weight is 370 g/mol. The highest BCUT2D eigenvalue weighted by atomic mass is 16.1. The first-order valence-electron chi connectivity index (χ1n) is 9.33. The third kappa shape index (κ3) is 3.00. The number of hydrogen-bond acceptors (Lipinski definition) is 5. The van der Waals surface area contributed by atoms with Crippen LogP contribution in [0.25, 0.3) is 17.0 Å². The van der Waals surface area contributed by atoms with Gasteiger partial charge >= 0.3 is 0 Å². The molecule has 0 unspecified atom stereocenters. The zero-order valence-electron chi connectivity index (χ0n) is 15.2. The van der Waals surface area contributed by atoms with E-state index in [4.69, 9.17) is 0 Å². The van der Waals surface area contributed by atoms with E-state index in [9.17, 15) is 4.79 Å².